The average molecular weight is 449 g/mol. The van der Waals surface area contributed by atoms with Gasteiger partial charge in [0.1, 0.15) is 58.4 Å². The fourth-order valence-electron chi connectivity index (χ4n) is 3.17. The summed E-state index contributed by atoms with van der Waals surface area (Å²) < 4.78 is 16.8. The number of rotatable bonds is 7. The highest BCUT2D eigenvalue weighted by Crippen LogP contribution is 2.30. The van der Waals surface area contributed by atoms with E-state index in [1.807, 2.05) is 0 Å². The Kier molecular flexibility index (Phi) is 5.96. The number of fused-ring (bicyclic) bond motifs is 1. The number of aromatic hydroxyl groups is 2. The maximum absolute atomic E-state index is 12.9. The predicted octanol–water partition coefficient (Wildman–Crippen LogP) is 3.96. The second-order valence-electron chi connectivity index (χ2n) is 6.93. The van der Waals surface area contributed by atoms with Gasteiger partial charge < -0.3 is 29.8 Å². The molecule has 0 saturated heterocycles. The lowest BCUT2D eigenvalue weighted by Crippen LogP contribution is -2.11. The molecule has 0 saturated carbocycles. The van der Waals surface area contributed by atoms with Crippen molar-refractivity contribution in [2.24, 2.45) is 5.73 Å². The highest BCUT2D eigenvalue weighted by molar-refractivity contribution is 7.80. The van der Waals surface area contributed by atoms with Crippen molar-refractivity contribution in [1.82, 2.24) is 0 Å². The molecule has 1 aromatic heterocycles. The quantitative estimate of drug-likeness (QED) is 0.287. The van der Waals surface area contributed by atoms with E-state index in [2.05, 4.69) is 0 Å². The van der Waals surface area contributed by atoms with Crippen LogP contribution in [-0.2, 0) is 0 Å². The Balaban J connectivity index is 1.46. The van der Waals surface area contributed by atoms with Crippen LogP contribution >= 0.6 is 12.2 Å². The molecule has 0 spiro atoms. The molecule has 3 aromatic carbocycles. The highest BCUT2D eigenvalue weighted by atomic mass is 32.1. The van der Waals surface area contributed by atoms with Gasteiger partial charge in [-0.05, 0) is 42.0 Å². The van der Waals surface area contributed by atoms with Crippen molar-refractivity contribution in [3.05, 3.63) is 82.7 Å². The van der Waals surface area contributed by atoms with Gasteiger partial charge in [0.15, 0.2) is 0 Å². The second kappa shape index (κ2) is 8.99. The van der Waals surface area contributed by atoms with Crippen LogP contribution in [0.1, 0.15) is 5.56 Å². The zero-order chi connectivity index (χ0) is 22.7. The monoisotopic (exact) mass is 449 g/mol. The van der Waals surface area contributed by atoms with Crippen LogP contribution in [0.4, 0.5) is 0 Å². The minimum absolute atomic E-state index is 0.0529. The minimum atomic E-state index is -0.385. The third-order valence-corrected chi connectivity index (χ3v) is 5.00. The second-order valence-corrected chi connectivity index (χ2v) is 7.37. The summed E-state index contributed by atoms with van der Waals surface area (Å²) in [4.78, 5) is 13.2. The molecule has 8 heteroatoms. The van der Waals surface area contributed by atoms with E-state index in [-0.39, 0.29) is 46.7 Å². The molecule has 0 fully saturated rings. The zero-order valence-corrected chi connectivity index (χ0v) is 17.6. The molecule has 4 aromatic rings. The third kappa shape index (κ3) is 4.50. The molecular formula is C24H19NO6S. The van der Waals surface area contributed by atoms with Crippen LogP contribution in [0.3, 0.4) is 0 Å². The van der Waals surface area contributed by atoms with Gasteiger partial charge in [0, 0.05) is 17.7 Å². The molecule has 0 radical (unpaired) electrons. The maximum atomic E-state index is 12.9. The Morgan fingerprint density at radius 1 is 0.938 bits per heavy atom. The van der Waals surface area contributed by atoms with Gasteiger partial charge >= 0.3 is 0 Å². The van der Waals surface area contributed by atoms with Crippen LogP contribution in [-0.4, -0.2) is 28.4 Å². The number of nitrogens with two attached hydrogens (primary N) is 1. The summed E-state index contributed by atoms with van der Waals surface area (Å²) in [6.07, 6.45) is 1.32. The zero-order valence-electron chi connectivity index (χ0n) is 16.8. The van der Waals surface area contributed by atoms with Crippen molar-refractivity contribution < 1.29 is 24.1 Å². The number of hydrogen-bond acceptors (Lipinski definition) is 7. The lowest BCUT2D eigenvalue weighted by Gasteiger charge is -2.10. The van der Waals surface area contributed by atoms with Crippen LogP contribution in [0.2, 0.25) is 0 Å². The smallest absolute Gasteiger partial charge is 0.204 e. The molecule has 7 nitrogen and oxygen atoms in total. The number of thiocarbonyl (C=S) groups is 1. The first-order valence-corrected chi connectivity index (χ1v) is 10.1. The van der Waals surface area contributed by atoms with Crippen molar-refractivity contribution in [3.63, 3.8) is 0 Å². The number of phenolic OH excluding ortho intramolecular Hbond substituents is 2. The summed E-state index contributed by atoms with van der Waals surface area (Å²) in [5.74, 6) is 0.816. The van der Waals surface area contributed by atoms with Gasteiger partial charge in [-0.15, -0.1) is 0 Å². The Morgan fingerprint density at radius 2 is 1.59 bits per heavy atom. The summed E-state index contributed by atoms with van der Waals surface area (Å²) in [5, 5.41) is 19.9. The Bertz CT molecular complexity index is 1330. The largest absolute Gasteiger partial charge is 0.508 e. The van der Waals surface area contributed by atoms with E-state index >= 15 is 0 Å². The number of ether oxygens (including phenoxy) is 2. The minimum Gasteiger partial charge on any atom is -0.508 e. The van der Waals surface area contributed by atoms with E-state index in [0.29, 0.717) is 22.1 Å². The summed E-state index contributed by atoms with van der Waals surface area (Å²) in [6.45, 7) is 0.465. The molecule has 0 aliphatic rings. The summed E-state index contributed by atoms with van der Waals surface area (Å²) >= 11 is 4.91. The first-order valence-electron chi connectivity index (χ1n) is 9.66. The van der Waals surface area contributed by atoms with E-state index in [4.69, 9.17) is 31.8 Å². The number of hydrogen-bond donors (Lipinski definition) is 3. The Morgan fingerprint density at radius 3 is 2.25 bits per heavy atom. The molecule has 162 valence electrons. The molecule has 0 aliphatic carbocycles. The SMILES string of the molecule is NC(=S)c1ccc(OCCOc2cc(O)c3c(=O)c(-c4ccc(O)cc4)coc3c2)cc1. The van der Waals surface area contributed by atoms with E-state index in [1.54, 1.807) is 36.4 Å². The number of phenols is 2. The van der Waals surface area contributed by atoms with Crippen LogP contribution in [0.15, 0.2) is 76.1 Å². The Hall–Kier alpha value is -4.04. The molecule has 4 rings (SSSR count). The molecule has 0 aliphatic heterocycles. The van der Waals surface area contributed by atoms with Gasteiger partial charge in [-0.1, -0.05) is 24.4 Å². The fraction of sp³-hybridized carbons (Fsp3) is 0.0833. The van der Waals surface area contributed by atoms with E-state index in [1.165, 1.54) is 30.5 Å². The van der Waals surface area contributed by atoms with Crippen molar-refractivity contribution in [1.29, 1.82) is 0 Å². The molecular weight excluding hydrogens is 430 g/mol. The van der Waals surface area contributed by atoms with Gasteiger partial charge in [-0.25, -0.2) is 0 Å². The molecule has 0 atom stereocenters. The van der Waals surface area contributed by atoms with Crippen LogP contribution < -0.4 is 20.6 Å². The average Bonchev–Trinajstić information content (AvgIpc) is 2.78. The highest BCUT2D eigenvalue weighted by Gasteiger charge is 2.14. The predicted molar refractivity (Wildman–Crippen MR) is 125 cm³/mol. The van der Waals surface area contributed by atoms with Gasteiger partial charge in [0.25, 0.3) is 0 Å². The van der Waals surface area contributed by atoms with E-state index < -0.39 is 0 Å². The van der Waals surface area contributed by atoms with Gasteiger partial charge in [-0.2, -0.15) is 0 Å². The van der Waals surface area contributed by atoms with Crippen molar-refractivity contribution in [2.75, 3.05) is 13.2 Å². The molecule has 0 amide bonds. The summed E-state index contributed by atoms with van der Waals surface area (Å²) in [7, 11) is 0. The van der Waals surface area contributed by atoms with Crippen LogP contribution in [0.5, 0.6) is 23.0 Å². The first-order chi connectivity index (χ1) is 15.4. The van der Waals surface area contributed by atoms with Crippen molar-refractivity contribution in [3.8, 4) is 34.1 Å². The lowest BCUT2D eigenvalue weighted by atomic mass is 10.0. The van der Waals surface area contributed by atoms with Gasteiger partial charge in [0.05, 0.1) is 5.56 Å². The fourth-order valence-corrected chi connectivity index (χ4v) is 3.30. The summed E-state index contributed by atoms with van der Waals surface area (Å²) in [5.41, 5.74) is 6.98. The Labute approximate surface area is 188 Å². The van der Waals surface area contributed by atoms with Crippen LogP contribution in [0.25, 0.3) is 22.1 Å². The maximum Gasteiger partial charge on any atom is 0.204 e. The normalized spacial score (nSPS) is 10.8. The van der Waals surface area contributed by atoms with Crippen molar-refractivity contribution >= 4 is 28.2 Å². The molecule has 0 bridgehead atoms. The molecule has 4 N–H and O–H groups in total. The molecule has 32 heavy (non-hydrogen) atoms. The summed E-state index contributed by atoms with van der Waals surface area (Å²) in [6, 6.07) is 16.1. The first kappa shape index (κ1) is 21.2. The standard InChI is InChI=1S/C24H19NO6S/c25-24(32)15-3-7-17(8-4-15)29-9-10-30-18-11-20(27)22-21(12-18)31-13-19(23(22)28)14-1-5-16(26)6-2-14/h1-8,11-13,26-27H,9-10H2,(H2,25,32). The topological polar surface area (TPSA) is 115 Å². The van der Waals surface area contributed by atoms with Crippen molar-refractivity contribution in [2.45, 2.75) is 0 Å². The van der Waals surface area contributed by atoms with Crippen LogP contribution in [0, 0.1) is 0 Å². The van der Waals surface area contributed by atoms with Gasteiger partial charge in [-0.3, -0.25) is 4.79 Å². The molecule has 0 unspecified atom stereocenters. The number of benzene rings is 3. The van der Waals surface area contributed by atoms with E-state index in [9.17, 15) is 15.0 Å². The molecule has 1 heterocycles. The lowest BCUT2D eigenvalue weighted by molar-refractivity contribution is 0.216. The van der Waals surface area contributed by atoms with Gasteiger partial charge in [0.2, 0.25) is 5.43 Å². The van der Waals surface area contributed by atoms with E-state index in [0.717, 1.165) is 5.56 Å². The third-order valence-electron chi connectivity index (χ3n) is 4.77.